The molecule has 1 atom stereocenters. The number of nitrogens with zero attached hydrogens (tertiary/aromatic N) is 2. The number of benzene rings is 2. The van der Waals surface area contributed by atoms with Crippen LogP contribution in [-0.2, 0) is 4.74 Å². The molecular weight excluding hydrogens is 508 g/mol. The van der Waals surface area contributed by atoms with Crippen LogP contribution >= 0.6 is 27.3 Å². The minimum absolute atomic E-state index is 0.196. The molecule has 0 saturated carbocycles. The van der Waals surface area contributed by atoms with Gasteiger partial charge in [-0.1, -0.05) is 35.6 Å². The Bertz CT molecular complexity index is 1260. The molecule has 4 rings (SSSR count). The molecule has 0 radical (unpaired) electrons. The first-order valence-corrected chi connectivity index (χ1v) is 11.5. The number of aryl methyl sites for hydroxylation is 1. The third kappa shape index (κ3) is 4.71. The quantitative estimate of drug-likeness (QED) is 0.254. The van der Waals surface area contributed by atoms with Gasteiger partial charge in [0, 0.05) is 18.2 Å². The molecule has 4 aromatic rings. The van der Waals surface area contributed by atoms with E-state index < -0.39 is 6.10 Å². The highest BCUT2D eigenvalue weighted by molar-refractivity contribution is 9.10. The number of hydrogen-bond donors (Lipinski definition) is 0. The first-order chi connectivity index (χ1) is 15.9. The van der Waals surface area contributed by atoms with Crippen LogP contribution in [0.15, 0.2) is 57.4 Å². The zero-order valence-corrected chi connectivity index (χ0v) is 20.8. The van der Waals surface area contributed by atoms with Crippen LogP contribution in [0.5, 0.6) is 11.5 Å². The molecule has 2 heterocycles. The Hall–Kier alpha value is -3.01. The summed E-state index contributed by atoms with van der Waals surface area (Å²) in [6.45, 7) is 1.91. The second kappa shape index (κ2) is 9.86. The van der Waals surface area contributed by atoms with Crippen LogP contribution in [0.2, 0.25) is 0 Å². The Labute approximate surface area is 203 Å². The molecule has 0 spiro atoms. The zero-order chi connectivity index (χ0) is 23.5. The summed E-state index contributed by atoms with van der Waals surface area (Å²) in [5, 5.41) is 9.93. The summed E-state index contributed by atoms with van der Waals surface area (Å²) < 4.78 is 22.9. The van der Waals surface area contributed by atoms with Gasteiger partial charge in [-0.3, -0.25) is 4.79 Å². The Morgan fingerprint density at radius 1 is 0.970 bits per heavy atom. The molecule has 7 nitrogen and oxygen atoms in total. The van der Waals surface area contributed by atoms with Crippen molar-refractivity contribution in [2.24, 2.45) is 0 Å². The second-order valence-corrected chi connectivity index (χ2v) is 9.06. The third-order valence-electron chi connectivity index (χ3n) is 5.04. The molecule has 1 unspecified atom stereocenters. The van der Waals surface area contributed by atoms with E-state index in [2.05, 4.69) is 26.1 Å². The normalized spacial score (nSPS) is 11.9. The molecule has 2 aromatic carbocycles. The number of rotatable bonds is 8. The number of ketones is 1. The van der Waals surface area contributed by atoms with E-state index in [1.54, 1.807) is 38.5 Å². The molecule has 0 amide bonds. The van der Waals surface area contributed by atoms with E-state index in [1.807, 2.05) is 31.2 Å². The summed E-state index contributed by atoms with van der Waals surface area (Å²) in [6, 6.07) is 14.5. The van der Waals surface area contributed by atoms with Crippen molar-refractivity contribution in [3.8, 4) is 33.4 Å². The van der Waals surface area contributed by atoms with E-state index in [0.717, 1.165) is 26.7 Å². The van der Waals surface area contributed by atoms with Crippen molar-refractivity contribution < 1.29 is 23.4 Å². The van der Waals surface area contributed by atoms with Gasteiger partial charge in [-0.05, 0) is 52.7 Å². The highest BCUT2D eigenvalue weighted by atomic mass is 79.9. The van der Waals surface area contributed by atoms with Crippen LogP contribution in [0, 0.1) is 6.92 Å². The van der Waals surface area contributed by atoms with Gasteiger partial charge in [0.15, 0.2) is 5.76 Å². The van der Waals surface area contributed by atoms with Crippen molar-refractivity contribution in [1.29, 1.82) is 0 Å². The molecule has 33 heavy (non-hydrogen) atoms. The van der Waals surface area contributed by atoms with Gasteiger partial charge in [-0.25, -0.2) is 0 Å². The van der Waals surface area contributed by atoms with Gasteiger partial charge in [0.25, 0.3) is 0 Å². The first-order valence-electron chi connectivity index (χ1n) is 9.94. The molecule has 0 bridgehead atoms. The van der Waals surface area contributed by atoms with Gasteiger partial charge < -0.3 is 18.6 Å². The second-order valence-electron chi connectivity index (χ2n) is 7.09. The molecule has 0 aliphatic rings. The first kappa shape index (κ1) is 23.2. The van der Waals surface area contributed by atoms with Crippen molar-refractivity contribution in [3.63, 3.8) is 0 Å². The van der Waals surface area contributed by atoms with Gasteiger partial charge in [0.2, 0.25) is 5.78 Å². The summed E-state index contributed by atoms with van der Waals surface area (Å²) in [4.78, 5) is 13.2. The number of aromatic nitrogens is 2. The van der Waals surface area contributed by atoms with E-state index in [9.17, 15) is 4.79 Å². The fourth-order valence-corrected chi connectivity index (χ4v) is 4.62. The van der Waals surface area contributed by atoms with Gasteiger partial charge in [-0.15, -0.1) is 10.2 Å². The monoisotopic (exact) mass is 528 g/mol. The van der Waals surface area contributed by atoms with Crippen molar-refractivity contribution in [3.05, 3.63) is 69.3 Å². The van der Waals surface area contributed by atoms with Crippen molar-refractivity contribution in [1.82, 2.24) is 10.2 Å². The number of Topliss-reactive ketones (excluding diaryl/α,β-unsaturated/α-hetero) is 1. The third-order valence-corrected chi connectivity index (χ3v) is 6.71. The number of ether oxygens (including phenoxy) is 3. The maximum atomic E-state index is 13.2. The summed E-state index contributed by atoms with van der Waals surface area (Å²) in [5.74, 6) is 1.61. The van der Waals surface area contributed by atoms with Crippen LogP contribution < -0.4 is 9.47 Å². The molecule has 0 N–H and O–H groups in total. The van der Waals surface area contributed by atoms with E-state index >= 15 is 0 Å². The molecule has 0 saturated heterocycles. The van der Waals surface area contributed by atoms with E-state index in [-0.39, 0.29) is 11.5 Å². The average molecular weight is 529 g/mol. The summed E-state index contributed by atoms with van der Waals surface area (Å²) in [7, 11) is 4.64. The number of hydrogen-bond acceptors (Lipinski definition) is 8. The minimum atomic E-state index is -0.803. The summed E-state index contributed by atoms with van der Waals surface area (Å²) >= 11 is 4.97. The minimum Gasteiger partial charge on any atom is -0.495 e. The number of furan rings is 1. The highest BCUT2D eigenvalue weighted by Crippen LogP contribution is 2.39. The Kier molecular flexibility index (Phi) is 6.92. The standard InChI is InChI=1S/C24H21BrN2O5S/c1-13-26-27-24(33-13)15-7-5-14(6-8-15)23(31-4)22(28)18-10-9-17(32-18)16-11-19(29-2)21(25)20(12-16)30-3/h5-12,23H,1-4H3. The molecule has 9 heteroatoms. The fourth-order valence-electron chi connectivity index (χ4n) is 3.37. The van der Waals surface area contributed by atoms with Gasteiger partial charge in [0.1, 0.15) is 37.9 Å². The van der Waals surface area contributed by atoms with Crippen LogP contribution in [-0.4, -0.2) is 37.3 Å². The molecule has 170 valence electrons. The predicted octanol–water partition coefficient (Wildman–Crippen LogP) is 6.12. The van der Waals surface area contributed by atoms with Gasteiger partial charge in [0.05, 0.1) is 14.2 Å². The molecule has 0 aliphatic carbocycles. The van der Waals surface area contributed by atoms with E-state index in [1.165, 1.54) is 18.4 Å². The Balaban J connectivity index is 1.59. The Morgan fingerprint density at radius 2 is 1.64 bits per heavy atom. The maximum absolute atomic E-state index is 13.2. The smallest absolute Gasteiger partial charge is 0.231 e. The van der Waals surface area contributed by atoms with Crippen LogP contribution in [0.1, 0.15) is 27.2 Å². The lowest BCUT2D eigenvalue weighted by molar-refractivity contribution is 0.0577. The highest BCUT2D eigenvalue weighted by Gasteiger charge is 2.25. The molecule has 0 fully saturated rings. The lowest BCUT2D eigenvalue weighted by Crippen LogP contribution is -2.14. The Morgan fingerprint density at radius 3 is 2.18 bits per heavy atom. The summed E-state index contributed by atoms with van der Waals surface area (Å²) in [6.07, 6.45) is -0.803. The van der Waals surface area contributed by atoms with Crippen molar-refractivity contribution in [2.45, 2.75) is 13.0 Å². The van der Waals surface area contributed by atoms with Crippen molar-refractivity contribution in [2.75, 3.05) is 21.3 Å². The van der Waals surface area contributed by atoms with E-state index in [4.69, 9.17) is 18.6 Å². The van der Waals surface area contributed by atoms with Gasteiger partial charge >= 0.3 is 0 Å². The average Bonchev–Trinajstić information content (AvgIpc) is 3.50. The van der Waals surface area contributed by atoms with Crippen LogP contribution in [0.4, 0.5) is 0 Å². The lowest BCUT2D eigenvalue weighted by atomic mass is 10.0. The van der Waals surface area contributed by atoms with E-state index in [0.29, 0.717) is 21.7 Å². The fraction of sp³-hybridized carbons (Fsp3) is 0.208. The SMILES string of the molecule is COc1cc(-c2ccc(C(=O)C(OC)c3ccc(-c4nnc(C)s4)cc3)o2)cc(OC)c1Br. The topological polar surface area (TPSA) is 83.7 Å². The number of carbonyl (C=O) groups is 1. The maximum Gasteiger partial charge on any atom is 0.231 e. The number of halogens is 1. The van der Waals surface area contributed by atoms with Gasteiger partial charge in [-0.2, -0.15) is 0 Å². The number of methoxy groups -OCH3 is 3. The molecule has 0 aliphatic heterocycles. The zero-order valence-electron chi connectivity index (χ0n) is 18.4. The predicted molar refractivity (Wildman–Crippen MR) is 129 cm³/mol. The number of carbonyl (C=O) groups excluding carboxylic acids is 1. The van der Waals surface area contributed by atoms with Crippen molar-refractivity contribution >= 4 is 33.0 Å². The van der Waals surface area contributed by atoms with Crippen LogP contribution in [0.25, 0.3) is 21.9 Å². The molecular formula is C24H21BrN2O5S. The largest absolute Gasteiger partial charge is 0.495 e. The lowest BCUT2D eigenvalue weighted by Gasteiger charge is -2.14. The summed E-state index contributed by atoms with van der Waals surface area (Å²) in [5.41, 5.74) is 2.37. The van der Waals surface area contributed by atoms with Crippen LogP contribution in [0.3, 0.4) is 0 Å². The molecule has 2 aromatic heterocycles.